The Kier molecular flexibility index (Phi) is 5.19. The highest BCUT2D eigenvalue weighted by Crippen LogP contribution is 2.13. The van der Waals surface area contributed by atoms with Crippen LogP contribution in [0.1, 0.15) is 26.2 Å². The Morgan fingerprint density at radius 1 is 1.43 bits per heavy atom. The SMILES string of the molecule is CCNC(=S)NCC1CCCCN1C. The molecule has 1 aliphatic rings. The predicted octanol–water partition coefficient (Wildman–Crippen LogP) is 0.955. The number of thiocarbonyl (C=S) groups is 1. The van der Waals surface area contributed by atoms with E-state index < -0.39 is 0 Å². The zero-order chi connectivity index (χ0) is 10.4. The van der Waals surface area contributed by atoms with Crippen molar-refractivity contribution in [2.24, 2.45) is 0 Å². The van der Waals surface area contributed by atoms with E-state index in [1.807, 2.05) is 0 Å². The molecule has 0 aromatic heterocycles. The quantitative estimate of drug-likeness (QED) is 0.686. The molecule has 1 fully saturated rings. The molecule has 0 radical (unpaired) electrons. The molecule has 0 aromatic carbocycles. The maximum absolute atomic E-state index is 5.12. The van der Waals surface area contributed by atoms with Crippen molar-refractivity contribution in [2.45, 2.75) is 32.2 Å². The fourth-order valence-corrected chi connectivity index (χ4v) is 2.06. The number of likely N-dealkylation sites (tertiary alicyclic amines) is 1. The van der Waals surface area contributed by atoms with Gasteiger partial charge < -0.3 is 15.5 Å². The lowest BCUT2D eigenvalue weighted by Gasteiger charge is -2.32. The first-order valence-corrected chi connectivity index (χ1v) is 5.86. The van der Waals surface area contributed by atoms with Crippen LogP contribution in [0.25, 0.3) is 0 Å². The van der Waals surface area contributed by atoms with E-state index in [1.165, 1.54) is 25.8 Å². The summed E-state index contributed by atoms with van der Waals surface area (Å²) >= 11 is 5.12. The van der Waals surface area contributed by atoms with Crippen molar-refractivity contribution >= 4 is 17.3 Å². The summed E-state index contributed by atoms with van der Waals surface area (Å²) in [6, 6.07) is 0.653. The largest absolute Gasteiger partial charge is 0.363 e. The number of rotatable bonds is 3. The average molecular weight is 215 g/mol. The first-order valence-electron chi connectivity index (χ1n) is 5.46. The summed E-state index contributed by atoms with van der Waals surface area (Å²) in [5.74, 6) is 0. The van der Waals surface area contributed by atoms with Crippen LogP contribution in [-0.4, -0.2) is 42.7 Å². The maximum Gasteiger partial charge on any atom is 0.166 e. The van der Waals surface area contributed by atoms with E-state index in [0.717, 1.165) is 18.2 Å². The number of nitrogens with zero attached hydrogens (tertiary/aromatic N) is 1. The van der Waals surface area contributed by atoms with Gasteiger partial charge in [-0.2, -0.15) is 0 Å². The minimum atomic E-state index is 0.653. The first-order chi connectivity index (χ1) is 6.74. The predicted molar refractivity (Wildman–Crippen MR) is 64.5 cm³/mol. The molecule has 0 bridgehead atoms. The van der Waals surface area contributed by atoms with Crippen LogP contribution in [0.15, 0.2) is 0 Å². The molecule has 1 unspecified atom stereocenters. The summed E-state index contributed by atoms with van der Waals surface area (Å²) in [4.78, 5) is 2.42. The zero-order valence-corrected chi connectivity index (χ0v) is 9.99. The van der Waals surface area contributed by atoms with E-state index in [2.05, 4.69) is 29.5 Å². The Bertz CT molecular complexity index is 184. The fraction of sp³-hybridized carbons (Fsp3) is 0.900. The van der Waals surface area contributed by atoms with Gasteiger partial charge in [-0.25, -0.2) is 0 Å². The van der Waals surface area contributed by atoms with Gasteiger partial charge in [-0.3, -0.25) is 0 Å². The molecule has 82 valence electrons. The Balaban J connectivity index is 2.19. The van der Waals surface area contributed by atoms with Crippen LogP contribution in [0, 0.1) is 0 Å². The molecular weight excluding hydrogens is 194 g/mol. The first kappa shape index (κ1) is 11.7. The van der Waals surface area contributed by atoms with Crippen molar-refractivity contribution in [2.75, 3.05) is 26.7 Å². The Hall–Kier alpha value is -0.350. The molecular formula is C10H21N3S. The molecule has 0 spiro atoms. The number of nitrogens with one attached hydrogen (secondary N) is 2. The molecule has 14 heavy (non-hydrogen) atoms. The van der Waals surface area contributed by atoms with Crippen molar-refractivity contribution in [3.8, 4) is 0 Å². The third kappa shape index (κ3) is 3.80. The maximum atomic E-state index is 5.12. The Morgan fingerprint density at radius 3 is 2.86 bits per heavy atom. The average Bonchev–Trinajstić information content (AvgIpc) is 2.17. The van der Waals surface area contributed by atoms with Crippen molar-refractivity contribution in [1.29, 1.82) is 0 Å². The van der Waals surface area contributed by atoms with Gasteiger partial charge in [0.15, 0.2) is 5.11 Å². The van der Waals surface area contributed by atoms with Crippen molar-refractivity contribution < 1.29 is 0 Å². The third-order valence-electron chi connectivity index (χ3n) is 2.76. The highest BCUT2D eigenvalue weighted by Gasteiger charge is 2.18. The van der Waals surface area contributed by atoms with Gasteiger partial charge in [0.05, 0.1) is 0 Å². The zero-order valence-electron chi connectivity index (χ0n) is 9.18. The molecule has 0 aromatic rings. The summed E-state index contributed by atoms with van der Waals surface area (Å²) in [6.45, 7) is 5.15. The molecule has 0 amide bonds. The molecule has 0 saturated carbocycles. The molecule has 0 aliphatic carbocycles. The van der Waals surface area contributed by atoms with Gasteiger partial charge in [-0.05, 0) is 45.6 Å². The second kappa shape index (κ2) is 6.19. The smallest absolute Gasteiger partial charge is 0.166 e. The second-order valence-electron chi connectivity index (χ2n) is 3.87. The number of piperidine rings is 1. The topological polar surface area (TPSA) is 27.3 Å². The van der Waals surface area contributed by atoms with Gasteiger partial charge in [0.1, 0.15) is 0 Å². The van der Waals surface area contributed by atoms with Gasteiger partial charge in [0, 0.05) is 19.1 Å². The summed E-state index contributed by atoms with van der Waals surface area (Å²) in [6.07, 6.45) is 3.98. The summed E-state index contributed by atoms with van der Waals surface area (Å²) in [5, 5.41) is 7.15. The van der Waals surface area contributed by atoms with Crippen LogP contribution < -0.4 is 10.6 Å². The van der Waals surface area contributed by atoms with Crippen LogP contribution in [0.2, 0.25) is 0 Å². The minimum Gasteiger partial charge on any atom is -0.363 e. The second-order valence-corrected chi connectivity index (χ2v) is 4.28. The van der Waals surface area contributed by atoms with Gasteiger partial charge in [-0.15, -0.1) is 0 Å². The van der Waals surface area contributed by atoms with Gasteiger partial charge in [0.25, 0.3) is 0 Å². The van der Waals surface area contributed by atoms with Crippen LogP contribution in [-0.2, 0) is 0 Å². The lowest BCUT2D eigenvalue weighted by molar-refractivity contribution is 0.186. The molecule has 1 atom stereocenters. The van der Waals surface area contributed by atoms with E-state index in [-0.39, 0.29) is 0 Å². The van der Waals surface area contributed by atoms with Crippen LogP contribution >= 0.6 is 12.2 Å². The molecule has 2 N–H and O–H groups in total. The van der Waals surface area contributed by atoms with Gasteiger partial charge in [-0.1, -0.05) is 6.42 Å². The van der Waals surface area contributed by atoms with Crippen LogP contribution in [0.5, 0.6) is 0 Å². The number of hydrogen-bond donors (Lipinski definition) is 2. The van der Waals surface area contributed by atoms with Crippen molar-refractivity contribution in [3.05, 3.63) is 0 Å². The lowest BCUT2D eigenvalue weighted by Crippen LogP contribution is -2.46. The number of hydrogen-bond acceptors (Lipinski definition) is 2. The Labute approximate surface area is 92.2 Å². The van der Waals surface area contributed by atoms with Crippen molar-refractivity contribution in [3.63, 3.8) is 0 Å². The minimum absolute atomic E-state index is 0.653. The van der Waals surface area contributed by atoms with Gasteiger partial charge in [0.2, 0.25) is 0 Å². The van der Waals surface area contributed by atoms with E-state index in [9.17, 15) is 0 Å². The summed E-state index contributed by atoms with van der Waals surface area (Å²) < 4.78 is 0. The van der Waals surface area contributed by atoms with E-state index >= 15 is 0 Å². The van der Waals surface area contributed by atoms with Crippen LogP contribution in [0.4, 0.5) is 0 Å². The van der Waals surface area contributed by atoms with E-state index in [1.54, 1.807) is 0 Å². The molecule has 1 heterocycles. The highest BCUT2D eigenvalue weighted by atomic mass is 32.1. The van der Waals surface area contributed by atoms with E-state index in [0.29, 0.717) is 6.04 Å². The fourth-order valence-electron chi connectivity index (χ4n) is 1.84. The number of likely N-dealkylation sites (N-methyl/N-ethyl adjacent to an activating group) is 1. The van der Waals surface area contributed by atoms with Gasteiger partial charge >= 0.3 is 0 Å². The monoisotopic (exact) mass is 215 g/mol. The molecule has 3 nitrogen and oxygen atoms in total. The normalized spacial score (nSPS) is 23.1. The standard InChI is InChI=1S/C10H21N3S/c1-3-11-10(14)12-8-9-6-4-5-7-13(9)2/h9H,3-8H2,1-2H3,(H2,11,12,14). The molecule has 4 heteroatoms. The molecule has 1 saturated heterocycles. The molecule has 1 aliphatic heterocycles. The summed E-state index contributed by atoms with van der Waals surface area (Å²) in [7, 11) is 2.20. The third-order valence-corrected chi connectivity index (χ3v) is 3.05. The van der Waals surface area contributed by atoms with Crippen molar-refractivity contribution in [1.82, 2.24) is 15.5 Å². The highest BCUT2D eigenvalue weighted by molar-refractivity contribution is 7.80. The van der Waals surface area contributed by atoms with Crippen LogP contribution in [0.3, 0.4) is 0 Å². The van der Waals surface area contributed by atoms with E-state index in [4.69, 9.17) is 12.2 Å². The Morgan fingerprint density at radius 2 is 2.21 bits per heavy atom. The molecule has 1 rings (SSSR count). The lowest BCUT2D eigenvalue weighted by atomic mass is 10.0. The summed E-state index contributed by atoms with van der Waals surface area (Å²) in [5.41, 5.74) is 0.